The van der Waals surface area contributed by atoms with Crippen LogP contribution in [-0.4, -0.2) is 111 Å². The molecule has 0 radical (unpaired) electrons. The summed E-state index contributed by atoms with van der Waals surface area (Å²) in [6, 6.07) is -0.0793. The highest BCUT2D eigenvalue weighted by Gasteiger charge is 2.51. The highest BCUT2D eigenvalue weighted by atomic mass is 16.7. The van der Waals surface area contributed by atoms with E-state index in [1.165, 1.54) is 0 Å². The van der Waals surface area contributed by atoms with Crippen molar-refractivity contribution >= 4 is 11.8 Å². The van der Waals surface area contributed by atoms with Crippen LogP contribution in [0.3, 0.4) is 0 Å². The second-order valence-electron chi connectivity index (χ2n) is 8.70. The van der Waals surface area contributed by atoms with Crippen LogP contribution in [0.4, 0.5) is 0 Å². The molecule has 8 atom stereocenters. The molecule has 180 valence electrons. The zero-order valence-corrected chi connectivity index (χ0v) is 19.2. The van der Waals surface area contributed by atoms with E-state index in [1.54, 1.807) is 28.1 Å². The predicted octanol–water partition coefficient (Wildman–Crippen LogP) is 0.297. The van der Waals surface area contributed by atoms with Gasteiger partial charge in [-0.05, 0) is 0 Å². The Hall–Kier alpha value is -1.56. The van der Waals surface area contributed by atoms with Crippen LogP contribution in [0, 0.1) is 0 Å². The Bertz CT molecular complexity index is 660. The van der Waals surface area contributed by atoms with E-state index in [1.807, 2.05) is 22.0 Å². The Morgan fingerprint density at radius 2 is 1.22 bits per heavy atom. The number of carbonyl (C=O) groups excluding carboxylic acids is 2. The van der Waals surface area contributed by atoms with Crippen LogP contribution in [0.25, 0.3) is 0 Å². The number of methoxy groups -OCH3 is 2. The molecule has 0 unspecified atom stereocenters. The molecule has 4 aliphatic heterocycles. The summed E-state index contributed by atoms with van der Waals surface area (Å²) < 4.78 is 34.6. The topological polar surface area (TPSA) is 96.0 Å². The van der Waals surface area contributed by atoms with Gasteiger partial charge in [-0.2, -0.15) is 0 Å². The molecule has 4 saturated heterocycles. The SMILES string of the molecule is CO[C@@H]1C[C@@H]2[C@H](OC/C=C/CO[C@H]3[C@H]4C[C@@H](OC)O[C@@H]3CN4C(C)=O)[C@@H](CN2C(C)=O)O1. The van der Waals surface area contributed by atoms with Gasteiger partial charge in [0.2, 0.25) is 11.8 Å². The largest absolute Gasteiger partial charge is 0.369 e. The molecule has 0 spiro atoms. The molecule has 10 heteroatoms. The molecular formula is C22H34N2O8. The minimum Gasteiger partial charge on any atom is -0.369 e. The molecule has 4 bridgehead atoms. The van der Waals surface area contributed by atoms with Crippen molar-refractivity contribution in [2.75, 3.05) is 40.5 Å². The maximum Gasteiger partial charge on any atom is 0.219 e. The second-order valence-corrected chi connectivity index (χ2v) is 8.70. The van der Waals surface area contributed by atoms with Gasteiger partial charge in [-0.15, -0.1) is 0 Å². The molecule has 0 aromatic heterocycles. The molecule has 4 fully saturated rings. The standard InChI is InChI=1S/C22H34N2O8/c1-13(25)23-11-17-21(15(23)9-19(27-3)31-17)29-7-5-6-8-30-22-16-10-20(28-4)32-18(22)12-24(16)14(2)26/h5-6,15-22H,7-12H2,1-4H3/b6-5+/t15-,16-,17-,18-,19+,20+,21+,22+/m1/s1. The fraction of sp³-hybridized carbons (Fsp3) is 0.818. The third-order valence-corrected chi connectivity index (χ3v) is 6.84. The first-order valence-corrected chi connectivity index (χ1v) is 11.2. The highest BCUT2D eigenvalue weighted by Crippen LogP contribution is 2.35. The summed E-state index contributed by atoms with van der Waals surface area (Å²) in [4.78, 5) is 27.5. The predicted molar refractivity (Wildman–Crippen MR) is 112 cm³/mol. The van der Waals surface area contributed by atoms with Crippen molar-refractivity contribution in [1.29, 1.82) is 0 Å². The van der Waals surface area contributed by atoms with Crippen LogP contribution in [0.1, 0.15) is 26.7 Å². The normalized spacial score (nSPS) is 38.6. The first kappa shape index (κ1) is 23.6. The van der Waals surface area contributed by atoms with Gasteiger partial charge in [0.15, 0.2) is 12.6 Å². The number of amides is 2. The van der Waals surface area contributed by atoms with Crippen LogP contribution >= 0.6 is 0 Å². The van der Waals surface area contributed by atoms with Crippen LogP contribution in [-0.2, 0) is 38.0 Å². The van der Waals surface area contributed by atoms with E-state index >= 15 is 0 Å². The van der Waals surface area contributed by atoms with Gasteiger partial charge in [0.05, 0.1) is 38.4 Å². The van der Waals surface area contributed by atoms with Crippen molar-refractivity contribution < 1.29 is 38.0 Å². The van der Waals surface area contributed by atoms with E-state index in [-0.39, 0.29) is 60.9 Å². The average Bonchev–Trinajstić information content (AvgIpc) is 3.11. The number of hydrogen-bond acceptors (Lipinski definition) is 8. The maximum absolute atomic E-state index is 12.0. The van der Waals surface area contributed by atoms with Gasteiger partial charge in [0.25, 0.3) is 0 Å². The minimum absolute atomic E-state index is 0.0232. The zero-order valence-electron chi connectivity index (χ0n) is 19.2. The first-order valence-electron chi connectivity index (χ1n) is 11.2. The Morgan fingerprint density at radius 3 is 1.56 bits per heavy atom. The Balaban J connectivity index is 1.25. The summed E-state index contributed by atoms with van der Waals surface area (Å²) >= 11 is 0. The molecule has 0 aliphatic carbocycles. The van der Waals surface area contributed by atoms with Gasteiger partial charge < -0.3 is 38.2 Å². The van der Waals surface area contributed by atoms with E-state index in [4.69, 9.17) is 28.4 Å². The number of ether oxygens (including phenoxy) is 6. The van der Waals surface area contributed by atoms with Gasteiger partial charge in [-0.3, -0.25) is 9.59 Å². The van der Waals surface area contributed by atoms with Gasteiger partial charge in [0, 0.05) is 40.9 Å². The summed E-state index contributed by atoms with van der Waals surface area (Å²) in [5.41, 5.74) is 0. The molecule has 4 heterocycles. The van der Waals surface area contributed by atoms with Crippen LogP contribution in [0.2, 0.25) is 0 Å². The summed E-state index contributed by atoms with van der Waals surface area (Å²) in [5.74, 6) is 0.0464. The second kappa shape index (κ2) is 10.1. The van der Waals surface area contributed by atoms with Crippen molar-refractivity contribution in [1.82, 2.24) is 9.80 Å². The molecule has 4 aliphatic rings. The zero-order chi connectivity index (χ0) is 22.8. The summed E-state index contributed by atoms with van der Waals surface area (Å²) in [6.45, 7) is 4.98. The number of nitrogens with zero attached hydrogens (tertiary/aromatic N) is 2. The molecule has 0 aromatic rings. The lowest BCUT2D eigenvalue weighted by Gasteiger charge is -2.35. The maximum atomic E-state index is 12.0. The molecule has 0 saturated carbocycles. The van der Waals surface area contributed by atoms with E-state index in [0.29, 0.717) is 39.1 Å². The average molecular weight is 455 g/mol. The molecule has 2 amide bonds. The van der Waals surface area contributed by atoms with Crippen LogP contribution in [0.5, 0.6) is 0 Å². The molecule has 0 N–H and O–H groups in total. The van der Waals surface area contributed by atoms with E-state index < -0.39 is 0 Å². The third-order valence-electron chi connectivity index (χ3n) is 6.84. The number of hydrogen-bond donors (Lipinski definition) is 0. The lowest BCUT2D eigenvalue weighted by Crippen LogP contribution is -2.47. The fourth-order valence-electron chi connectivity index (χ4n) is 5.31. The van der Waals surface area contributed by atoms with Crippen molar-refractivity contribution in [3.05, 3.63) is 12.2 Å². The molecule has 10 nitrogen and oxygen atoms in total. The number of carbonyl (C=O) groups is 2. The van der Waals surface area contributed by atoms with Gasteiger partial charge in [-0.1, -0.05) is 12.2 Å². The van der Waals surface area contributed by atoms with Gasteiger partial charge in [0.1, 0.15) is 24.4 Å². The lowest BCUT2D eigenvalue weighted by atomic mass is 10.0. The van der Waals surface area contributed by atoms with Crippen molar-refractivity contribution in [2.24, 2.45) is 0 Å². The smallest absolute Gasteiger partial charge is 0.219 e. The van der Waals surface area contributed by atoms with E-state index in [9.17, 15) is 9.59 Å². The van der Waals surface area contributed by atoms with Crippen LogP contribution in [0.15, 0.2) is 12.2 Å². The Labute approximate surface area is 188 Å². The highest BCUT2D eigenvalue weighted by molar-refractivity contribution is 5.74. The molecule has 32 heavy (non-hydrogen) atoms. The molecule has 0 aromatic carbocycles. The first-order chi connectivity index (χ1) is 15.4. The van der Waals surface area contributed by atoms with Crippen LogP contribution < -0.4 is 0 Å². The fourth-order valence-corrected chi connectivity index (χ4v) is 5.31. The van der Waals surface area contributed by atoms with E-state index in [0.717, 1.165) is 0 Å². The summed E-state index contributed by atoms with van der Waals surface area (Å²) in [5, 5.41) is 0. The number of likely N-dealkylation sites (tertiary alicyclic amines) is 2. The molecule has 4 rings (SSSR count). The summed E-state index contributed by atoms with van der Waals surface area (Å²) in [7, 11) is 3.22. The van der Waals surface area contributed by atoms with E-state index in [2.05, 4.69) is 0 Å². The quantitative estimate of drug-likeness (QED) is 0.483. The van der Waals surface area contributed by atoms with Crippen molar-refractivity contribution in [3.8, 4) is 0 Å². The van der Waals surface area contributed by atoms with Gasteiger partial charge >= 0.3 is 0 Å². The Kier molecular flexibility index (Phi) is 7.48. The third kappa shape index (κ3) is 4.71. The van der Waals surface area contributed by atoms with Gasteiger partial charge in [-0.25, -0.2) is 0 Å². The molecular weight excluding hydrogens is 420 g/mol. The minimum atomic E-state index is -0.307. The number of rotatable bonds is 8. The van der Waals surface area contributed by atoms with Crippen molar-refractivity contribution in [2.45, 2.75) is 75.8 Å². The summed E-state index contributed by atoms with van der Waals surface area (Å²) in [6.07, 6.45) is 3.69. The monoisotopic (exact) mass is 454 g/mol. The van der Waals surface area contributed by atoms with Crippen molar-refractivity contribution in [3.63, 3.8) is 0 Å². The Morgan fingerprint density at radius 1 is 0.812 bits per heavy atom. The lowest BCUT2D eigenvalue weighted by molar-refractivity contribution is -0.208. The number of fused-ring (bicyclic) bond motifs is 4.